The molecule has 0 atom stereocenters. The van der Waals surface area contributed by atoms with Crippen molar-refractivity contribution in [2.75, 3.05) is 13.2 Å². The largest absolute Gasteiger partial charge is 0.480 e. The van der Waals surface area contributed by atoms with Crippen molar-refractivity contribution < 1.29 is 19.4 Å². The molecule has 0 aliphatic rings. The van der Waals surface area contributed by atoms with E-state index in [2.05, 4.69) is 10.4 Å². The summed E-state index contributed by atoms with van der Waals surface area (Å²) in [6.07, 6.45) is 0. The van der Waals surface area contributed by atoms with E-state index in [0.717, 1.165) is 5.69 Å². The highest BCUT2D eigenvalue weighted by Crippen LogP contribution is 2.20. The maximum atomic E-state index is 11.2. The van der Waals surface area contributed by atoms with Gasteiger partial charge in [0.1, 0.15) is 12.2 Å². The van der Waals surface area contributed by atoms with Crippen molar-refractivity contribution in [2.24, 2.45) is 7.05 Å². The number of amides is 1. The third-order valence-electron chi connectivity index (χ3n) is 2.23. The molecule has 0 radical (unpaired) electrons. The predicted molar refractivity (Wildman–Crippen MR) is 58.8 cm³/mol. The van der Waals surface area contributed by atoms with Gasteiger partial charge >= 0.3 is 5.97 Å². The van der Waals surface area contributed by atoms with Gasteiger partial charge in [-0.15, -0.1) is 0 Å². The van der Waals surface area contributed by atoms with Crippen LogP contribution >= 0.6 is 0 Å². The number of rotatable bonds is 5. The quantitative estimate of drug-likeness (QED) is 0.732. The molecule has 0 unspecified atom stereocenters. The summed E-state index contributed by atoms with van der Waals surface area (Å²) in [6, 6.07) is 0. The summed E-state index contributed by atoms with van der Waals surface area (Å²) >= 11 is 0. The van der Waals surface area contributed by atoms with Gasteiger partial charge in [-0.25, -0.2) is 0 Å². The van der Waals surface area contributed by atoms with Crippen LogP contribution in [0.4, 0.5) is 0 Å². The first-order chi connectivity index (χ1) is 7.91. The van der Waals surface area contributed by atoms with Gasteiger partial charge in [-0.1, -0.05) is 0 Å². The number of carboxylic acid groups (broad SMARTS) is 1. The molecule has 7 nitrogen and oxygen atoms in total. The molecule has 0 saturated carbocycles. The minimum atomic E-state index is -1.09. The molecule has 0 spiro atoms. The standard InChI is InChI=1S/C10H15N3O4/c1-6-10(7(2)13(3)12-6)17-5-8(14)11-4-9(15)16/h4-5H2,1-3H3,(H,11,14)(H,15,16). The van der Waals surface area contributed by atoms with E-state index < -0.39 is 18.4 Å². The van der Waals surface area contributed by atoms with Crippen LogP contribution < -0.4 is 10.1 Å². The van der Waals surface area contributed by atoms with Gasteiger partial charge in [0.25, 0.3) is 5.91 Å². The summed E-state index contributed by atoms with van der Waals surface area (Å²) in [6.45, 7) is 2.97. The zero-order valence-electron chi connectivity index (χ0n) is 9.98. The minimum Gasteiger partial charge on any atom is -0.480 e. The van der Waals surface area contributed by atoms with Gasteiger partial charge in [0.05, 0.1) is 5.69 Å². The molecule has 17 heavy (non-hydrogen) atoms. The summed E-state index contributed by atoms with van der Waals surface area (Å²) in [5.41, 5.74) is 1.50. The molecule has 1 amide bonds. The molecule has 0 aliphatic carbocycles. The second-order valence-electron chi connectivity index (χ2n) is 3.58. The van der Waals surface area contributed by atoms with E-state index in [1.807, 2.05) is 6.92 Å². The fraction of sp³-hybridized carbons (Fsp3) is 0.500. The lowest BCUT2D eigenvalue weighted by Gasteiger charge is -2.06. The molecule has 0 bridgehead atoms. The number of aliphatic carboxylic acids is 1. The van der Waals surface area contributed by atoms with Gasteiger partial charge in [0.15, 0.2) is 12.4 Å². The van der Waals surface area contributed by atoms with Crippen LogP contribution in [-0.4, -0.2) is 39.9 Å². The number of hydrogen-bond donors (Lipinski definition) is 2. The van der Waals surface area contributed by atoms with Crippen molar-refractivity contribution in [3.05, 3.63) is 11.4 Å². The SMILES string of the molecule is Cc1nn(C)c(C)c1OCC(=O)NCC(=O)O. The zero-order chi connectivity index (χ0) is 13.0. The van der Waals surface area contributed by atoms with Gasteiger partial charge in [-0.3, -0.25) is 14.3 Å². The van der Waals surface area contributed by atoms with Crippen LogP contribution in [0.5, 0.6) is 5.75 Å². The first-order valence-electron chi connectivity index (χ1n) is 5.03. The molecule has 1 aromatic rings. The number of carbonyl (C=O) groups excluding carboxylic acids is 1. The predicted octanol–water partition coefficient (Wildman–Crippen LogP) is -0.383. The number of aromatic nitrogens is 2. The fourth-order valence-corrected chi connectivity index (χ4v) is 1.33. The number of nitrogens with zero attached hydrogens (tertiary/aromatic N) is 2. The average molecular weight is 241 g/mol. The first kappa shape index (κ1) is 13.0. The second-order valence-corrected chi connectivity index (χ2v) is 3.58. The van der Waals surface area contributed by atoms with Crippen LogP contribution in [0.15, 0.2) is 0 Å². The van der Waals surface area contributed by atoms with Crippen molar-refractivity contribution in [3.8, 4) is 5.75 Å². The van der Waals surface area contributed by atoms with E-state index in [-0.39, 0.29) is 6.61 Å². The van der Waals surface area contributed by atoms with Crippen LogP contribution in [0, 0.1) is 13.8 Å². The maximum Gasteiger partial charge on any atom is 0.322 e. The van der Waals surface area contributed by atoms with Crippen LogP contribution in [0.25, 0.3) is 0 Å². The number of carboxylic acids is 1. The zero-order valence-corrected chi connectivity index (χ0v) is 9.98. The summed E-state index contributed by atoms with van der Waals surface area (Å²) in [5.74, 6) is -1.01. The fourth-order valence-electron chi connectivity index (χ4n) is 1.33. The minimum absolute atomic E-state index is 0.222. The van der Waals surface area contributed by atoms with Crippen molar-refractivity contribution in [1.29, 1.82) is 0 Å². The average Bonchev–Trinajstić information content (AvgIpc) is 2.48. The molecule has 94 valence electrons. The van der Waals surface area contributed by atoms with Gasteiger partial charge < -0.3 is 15.2 Å². The van der Waals surface area contributed by atoms with E-state index in [4.69, 9.17) is 9.84 Å². The molecule has 1 heterocycles. The molecule has 0 saturated heterocycles. The summed E-state index contributed by atoms with van der Waals surface area (Å²) in [7, 11) is 1.78. The smallest absolute Gasteiger partial charge is 0.322 e. The Morgan fingerprint density at radius 3 is 2.59 bits per heavy atom. The van der Waals surface area contributed by atoms with E-state index in [0.29, 0.717) is 11.4 Å². The Labute approximate surface area is 98.4 Å². The summed E-state index contributed by atoms with van der Waals surface area (Å²) < 4.78 is 6.95. The normalized spacial score (nSPS) is 10.1. The number of hydrogen-bond acceptors (Lipinski definition) is 4. The maximum absolute atomic E-state index is 11.2. The van der Waals surface area contributed by atoms with Crippen molar-refractivity contribution >= 4 is 11.9 Å². The first-order valence-corrected chi connectivity index (χ1v) is 5.03. The van der Waals surface area contributed by atoms with Gasteiger partial charge in [0, 0.05) is 7.05 Å². The van der Waals surface area contributed by atoms with E-state index in [1.165, 1.54) is 0 Å². The van der Waals surface area contributed by atoms with Crippen LogP contribution in [0.2, 0.25) is 0 Å². The molecule has 1 aromatic heterocycles. The number of carbonyl (C=O) groups is 2. The molecular weight excluding hydrogens is 226 g/mol. The highest BCUT2D eigenvalue weighted by molar-refractivity contribution is 5.82. The van der Waals surface area contributed by atoms with E-state index in [9.17, 15) is 9.59 Å². The van der Waals surface area contributed by atoms with Gasteiger partial charge in [-0.05, 0) is 13.8 Å². The third kappa shape index (κ3) is 3.47. The number of aryl methyl sites for hydroxylation is 2. The lowest BCUT2D eigenvalue weighted by Crippen LogP contribution is -2.33. The van der Waals surface area contributed by atoms with Crippen LogP contribution in [0.1, 0.15) is 11.4 Å². The summed E-state index contributed by atoms with van der Waals surface area (Å²) in [5, 5.41) is 14.7. The molecular formula is C10H15N3O4. The Balaban J connectivity index is 2.50. The van der Waals surface area contributed by atoms with Crippen LogP contribution in [-0.2, 0) is 16.6 Å². The Morgan fingerprint density at radius 1 is 1.47 bits per heavy atom. The third-order valence-corrected chi connectivity index (χ3v) is 2.23. The van der Waals surface area contributed by atoms with Crippen molar-refractivity contribution in [3.63, 3.8) is 0 Å². The van der Waals surface area contributed by atoms with E-state index >= 15 is 0 Å². The molecule has 7 heteroatoms. The lowest BCUT2D eigenvalue weighted by atomic mass is 10.3. The number of ether oxygens (including phenoxy) is 1. The highest BCUT2D eigenvalue weighted by Gasteiger charge is 2.12. The lowest BCUT2D eigenvalue weighted by molar-refractivity contribution is -0.138. The van der Waals surface area contributed by atoms with Crippen LogP contribution in [0.3, 0.4) is 0 Å². The van der Waals surface area contributed by atoms with E-state index in [1.54, 1.807) is 18.7 Å². The monoisotopic (exact) mass is 241 g/mol. The second kappa shape index (κ2) is 5.33. The molecule has 0 aromatic carbocycles. The number of nitrogens with one attached hydrogen (secondary N) is 1. The van der Waals surface area contributed by atoms with Gasteiger partial charge in [0.2, 0.25) is 0 Å². The Morgan fingerprint density at radius 2 is 2.12 bits per heavy atom. The molecule has 1 rings (SSSR count). The summed E-state index contributed by atoms with van der Waals surface area (Å²) in [4.78, 5) is 21.4. The molecule has 0 aliphatic heterocycles. The topological polar surface area (TPSA) is 93.5 Å². The van der Waals surface area contributed by atoms with Crippen molar-refractivity contribution in [1.82, 2.24) is 15.1 Å². The Hall–Kier alpha value is -2.05. The highest BCUT2D eigenvalue weighted by atomic mass is 16.5. The van der Waals surface area contributed by atoms with Crippen molar-refractivity contribution in [2.45, 2.75) is 13.8 Å². The molecule has 0 fully saturated rings. The Kier molecular flexibility index (Phi) is 4.08. The Bertz CT molecular complexity index is 439. The molecule has 2 N–H and O–H groups in total. The van der Waals surface area contributed by atoms with Gasteiger partial charge in [-0.2, -0.15) is 5.10 Å².